The first-order valence-corrected chi connectivity index (χ1v) is 6.03. The van der Waals surface area contributed by atoms with Gasteiger partial charge in [-0.2, -0.15) is 0 Å². The van der Waals surface area contributed by atoms with Crippen LogP contribution in [0.4, 0.5) is 10.1 Å². The predicted molar refractivity (Wildman–Crippen MR) is 73.7 cm³/mol. The normalized spacial score (nSPS) is 10.1. The van der Waals surface area contributed by atoms with Crippen LogP contribution in [0.1, 0.15) is 15.9 Å². The van der Waals surface area contributed by atoms with Gasteiger partial charge in [-0.15, -0.1) is 0 Å². The van der Waals surface area contributed by atoms with Crippen molar-refractivity contribution in [1.29, 1.82) is 0 Å². The molecule has 1 amide bonds. The lowest BCUT2D eigenvalue weighted by molar-refractivity contribution is 0.0958. The maximum Gasteiger partial charge on any atom is 0.272 e. The summed E-state index contributed by atoms with van der Waals surface area (Å²) in [5.41, 5.74) is 6.73. The van der Waals surface area contributed by atoms with E-state index in [0.717, 1.165) is 5.56 Å². The van der Waals surface area contributed by atoms with Crippen LogP contribution < -0.4 is 10.9 Å². The van der Waals surface area contributed by atoms with Crippen molar-refractivity contribution < 1.29 is 9.18 Å². The summed E-state index contributed by atoms with van der Waals surface area (Å²) >= 11 is 5.86. The van der Waals surface area contributed by atoms with Crippen LogP contribution in [0.25, 0.3) is 0 Å². The van der Waals surface area contributed by atoms with E-state index in [1.54, 1.807) is 18.2 Å². The summed E-state index contributed by atoms with van der Waals surface area (Å²) in [6, 6.07) is 11.0. The van der Waals surface area contributed by atoms with Gasteiger partial charge in [0.1, 0.15) is 5.82 Å². The average molecular weight is 279 g/mol. The van der Waals surface area contributed by atoms with E-state index < -0.39 is 11.7 Å². The van der Waals surface area contributed by atoms with Crippen molar-refractivity contribution >= 4 is 23.2 Å². The van der Waals surface area contributed by atoms with Gasteiger partial charge in [0.15, 0.2) is 0 Å². The Morgan fingerprint density at radius 1 is 1.21 bits per heavy atom. The van der Waals surface area contributed by atoms with Gasteiger partial charge in [-0.25, -0.2) is 4.39 Å². The number of benzene rings is 2. The van der Waals surface area contributed by atoms with E-state index in [4.69, 9.17) is 11.6 Å². The third kappa shape index (κ3) is 3.23. The van der Waals surface area contributed by atoms with Crippen molar-refractivity contribution in [1.82, 2.24) is 5.43 Å². The van der Waals surface area contributed by atoms with Crippen LogP contribution in [0, 0.1) is 12.7 Å². The van der Waals surface area contributed by atoms with Crippen LogP contribution in [0.5, 0.6) is 0 Å². The van der Waals surface area contributed by atoms with Crippen molar-refractivity contribution in [2.24, 2.45) is 0 Å². The molecule has 2 aromatic rings. The number of amides is 1. The smallest absolute Gasteiger partial charge is 0.272 e. The summed E-state index contributed by atoms with van der Waals surface area (Å²) in [4.78, 5) is 11.8. The molecule has 2 rings (SSSR count). The van der Waals surface area contributed by atoms with Crippen molar-refractivity contribution in [3.63, 3.8) is 0 Å². The van der Waals surface area contributed by atoms with Crippen molar-refractivity contribution in [3.05, 3.63) is 64.4 Å². The molecule has 0 bridgehead atoms. The molecular weight excluding hydrogens is 267 g/mol. The second-order valence-electron chi connectivity index (χ2n) is 4.02. The summed E-state index contributed by atoms with van der Waals surface area (Å²) in [6.45, 7) is 1.87. The van der Waals surface area contributed by atoms with Crippen LogP contribution >= 0.6 is 11.6 Å². The molecule has 0 aliphatic rings. The zero-order valence-electron chi connectivity index (χ0n) is 10.2. The maximum atomic E-state index is 13.4. The zero-order valence-corrected chi connectivity index (χ0v) is 11.0. The van der Waals surface area contributed by atoms with E-state index in [-0.39, 0.29) is 5.56 Å². The third-order valence-corrected chi connectivity index (χ3v) is 2.86. The fraction of sp³-hybridized carbons (Fsp3) is 0.0714. The summed E-state index contributed by atoms with van der Waals surface area (Å²) < 4.78 is 13.4. The molecule has 2 aromatic carbocycles. The molecule has 0 aliphatic heterocycles. The standard InChI is InChI=1S/C14H12ClFN2O/c1-9-6-7-10(15)8-13(9)17-18-14(19)11-4-2-3-5-12(11)16/h2-8,17H,1H3,(H,18,19). The molecule has 0 unspecified atom stereocenters. The van der Waals surface area contributed by atoms with E-state index in [1.165, 1.54) is 18.2 Å². The first kappa shape index (κ1) is 13.4. The molecule has 0 atom stereocenters. The lowest BCUT2D eigenvalue weighted by atomic mass is 10.2. The lowest BCUT2D eigenvalue weighted by Crippen LogP contribution is -2.30. The molecule has 0 saturated heterocycles. The number of rotatable bonds is 3. The molecule has 0 radical (unpaired) electrons. The Hall–Kier alpha value is -2.07. The molecule has 3 nitrogen and oxygen atoms in total. The van der Waals surface area contributed by atoms with Gasteiger partial charge in [-0.05, 0) is 36.8 Å². The highest BCUT2D eigenvalue weighted by atomic mass is 35.5. The van der Waals surface area contributed by atoms with Crippen LogP contribution in [0.15, 0.2) is 42.5 Å². The Morgan fingerprint density at radius 2 is 1.95 bits per heavy atom. The monoisotopic (exact) mass is 278 g/mol. The largest absolute Gasteiger partial charge is 0.298 e. The lowest BCUT2D eigenvalue weighted by Gasteiger charge is -2.11. The van der Waals surface area contributed by atoms with Crippen molar-refractivity contribution in [2.75, 3.05) is 5.43 Å². The summed E-state index contributed by atoms with van der Waals surface area (Å²) in [5.74, 6) is -1.11. The van der Waals surface area contributed by atoms with E-state index in [2.05, 4.69) is 10.9 Å². The Kier molecular flexibility index (Phi) is 4.02. The topological polar surface area (TPSA) is 41.1 Å². The molecule has 0 saturated carbocycles. The molecule has 0 spiro atoms. The average Bonchev–Trinajstić information content (AvgIpc) is 2.40. The van der Waals surface area contributed by atoms with Gasteiger partial charge in [0.2, 0.25) is 0 Å². The van der Waals surface area contributed by atoms with Gasteiger partial charge in [-0.3, -0.25) is 15.6 Å². The number of halogens is 2. The van der Waals surface area contributed by atoms with Gasteiger partial charge in [0, 0.05) is 5.02 Å². The zero-order chi connectivity index (χ0) is 13.8. The minimum atomic E-state index is -0.565. The first-order valence-electron chi connectivity index (χ1n) is 5.65. The predicted octanol–water partition coefficient (Wildman–Crippen LogP) is 3.54. The van der Waals surface area contributed by atoms with E-state index in [1.807, 2.05) is 13.0 Å². The Labute approximate surface area is 115 Å². The van der Waals surface area contributed by atoms with Crippen LogP contribution in [0.3, 0.4) is 0 Å². The first-order chi connectivity index (χ1) is 9.08. The van der Waals surface area contributed by atoms with Gasteiger partial charge >= 0.3 is 0 Å². The summed E-state index contributed by atoms with van der Waals surface area (Å²) in [5, 5.41) is 0.549. The molecule has 0 heterocycles. The molecule has 98 valence electrons. The SMILES string of the molecule is Cc1ccc(Cl)cc1NNC(=O)c1ccccc1F. The highest BCUT2D eigenvalue weighted by Crippen LogP contribution is 2.19. The Morgan fingerprint density at radius 3 is 2.68 bits per heavy atom. The number of anilines is 1. The number of carbonyl (C=O) groups excluding carboxylic acids is 1. The van der Waals surface area contributed by atoms with Gasteiger partial charge in [-0.1, -0.05) is 29.8 Å². The molecule has 5 heteroatoms. The van der Waals surface area contributed by atoms with E-state index >= 15 is 0 Å². The quantitative estimate of drug-likeness (QED) is 0.843. The minimum Gasteiger partial charge on any atom is -0.298 e. The molecule has 0 aliphatic carbocycles. The summed E-state index contributed by atoms with van der Waals surface area (Å²) in [6.07, 6.45) is 0. The molecule has 2 N–H and O–H groups in total. The number of hydrogen-bond acceptors (Lipinski definition) is 2. The maximum absolute atomic E-state index is 13.4. The van der Waals surface area contributed by atoms with E-state index in [0.29, 0.717) is 10.7 Å². The highest BCUT2D eigenvalue weighted by molar-refractivity contribution is 6.30. The second kappa shape index (κ2) is 5.71. The number of carbonyl (C=O) groups is 1. The Balaban J connectivity index is 2.09. The van der Waals surface area contributed by atoms with Crippen molar-refractivity contribution in [2.45, 2.75) is 6.92 Å². The molecule has 0 fully saturated rings. The minimum absolute atomic E-state index is 0.0188. The molecule has 19 heavy (non-hydrogen) atoms. The van der Waals surface area contributed by atoms with E-state index in [9.17, 15) is 9.18 Å². The van der Waals surface area contributed by atoms with Crippen molar-refractivity contribution in [3.8, 4) is 0 Å². The van der Waals surface area contributed by atoms with Crippen LogP contribution in [0.2, 0.25) is 5.02 Å². The third-order valence-electron chi connectivity index (χ3n) is 2.63. The fourth-order valence-electron chi connectivity index (χ4n) is 1.57. The number of hydrazine groups is 1. The van der Waals surface area contributed by atoms with Gasteiger partial charge in [0.05, 0.1) is 11.3 Å². The second-order valence-corrected chi connectivity index (χ2v) is 4.45. The van der Waals surface area contributed by atoms with Gasteiger partial charge < -0.3 is 0 Å². The number of aryl methyl sites for hydroxylation is 1. The molecular formula is C14H12ClFN2O. The fourth-order valence-corrected chi connectivity index (χ4v) is 1.74. The molecule has 0 aromatic heterocycles. The van der Waals surface area contributed by atoms with Crippen LogP contribution in [-0.2, 0) is 0 Å². The summed E-state index contributed by atoms with van der Waals surface area (Å²) in [7, 11) is 0. The number of hydrogen-bond donors (Lipinski definition) is 2. The highest BCUT2D eigenvalue weighted by Gasteiger charge is 2.10. The Bertz CT molecular complexity index is 616. The van der Waals surface area contributed by atoms with Gasteiger partial charge in [0.25, 0.3) is 5.91 Å². The number of nitrogens with one attached hydrogen (secondary N) is 2. The van der Waals surface area contributed by atoms with Crippen LogP contribution in [-0.4, -0.2) is 5.91 Å².